The first-order valence-electron chi connectivity index (χ1n) is 8.79. The van der Waals surface area contributed by atoms with E-state index in [0.29, 0.717) is 23.5 Å². The van der Waals surface area contributed by atoms with Crippen molar-refractivity contribution in [1.29, 1.82) is 0 Å². The normalized spacial score (nSPS) is 13.0. The van der Waals surface area contributed by atoms with Crippen LogP contribution in [0.15, 0.2) is 41.5 Å². The molecule has 0 aliphatic heterocycles. The van der Waals surface area contributed by atoms with Gasteiger partial charge in [-0.15, -0.1) is 0 Å². The van der Waals surface area contributed by atoms with Crippen LogP contribution in [0.3, 0.4) is 0 Å². The standard InChI is InChI=1S/C21H28O6/c1-7-14(4)20(22)26-13-15(8-2)21(23)27-17(9-3)16-10-11-18(24-5)19(12-16)25-6/h7-8,10-12,17H,9,13H2,1-6H3/b14-7+,15-8-. The molecule has 0 heterocycles. The second kappa shape index (κ2) is 11.1. The summed E-state index contributed by atoms with van der Waals surface area (Å²) in [6, 6.07) is 5.38. The molecule has 1 unspecified atom stereocenters. The summed E-state index contributed by atoms with van der Waals surface area (Å²) in [6.07, 6.45) is 3.36. The van der Waals surface area contributed by atoms with Gasteiger partial charge in [-0.3, -0.25) is 0 Å². The maximum Gasteiger partial charge on any atom is 0.337 e. The maximum absolute atomic E-state index is 12.5. The molecule has 0 aromatic heterocycles. The predicted octanol–water partition coefficient (Wildman–Crippen LogP) is 4.15. The number of benzene rings is 1. The van der Waals surface area contributed by atoms with Crippen molar-refractivity contribution in [2.75, 3.05) is 20.8 Å². The van der Waals surface area contributed by atoms with Gasteiger partial charge in [0.15, 0.2) is 11.5 Å². The summed E-state index contributed by atoms with van der Waals surface area (Å²) >= 11 is 0. The highest BCUT2D eigenvalue weighted by molar-refractivity contribution is 5.91. The fourth-order valence-corrected chi connectivity index (χ4v) is 2.28. The molecule has 1 atom stereocenters. The average Bonchev–Trinajstić information content (AvgIpc) is 2.70. The Morgan fingerprint density at radius 1 is 1.04 bits per heavy atom. The molecule has 6 heteroatoms. The first-order chi connectivity index (χ1) is 12.9. The van der Waals surface area contributed by atoms with Crippen molar-refractivity contribution in [2.24, 2.45) is 0 Å². The minimum atomic E-state index is -0.523. The van der Waals surface area contributed by atoms with E-state index < -0.39 is 18.0 Å². The van der Waals surface area contributed by atoms with Gasteiger partial charge in [0.2, 0.25) is 0 Å². The molecule has 0 aliphatic carbocycles. The van der Waals surface area contributed by atoms with Crippen LogP contribution in [-0.2, 0) is 19.1 Å². The van der Waals surface area contributed by atoms with Gasteiger partial charge in [-0.05, 0) is 44.9 Å². The van der Waals surface area contributed by atoms with Crippen molar-refractivity contribution in [3.05, 3.63) is 47.1 Å². The molecule has 1 rings (SSSR count). The molecule has 0 aliphatic rings. The van der Waals surface area contributed by atoms with Gasteiger partial charge in [0, 0.05) is 5.57 Å². The summed E-state index contributed by atoms with van der Waals surface area (Å²) < 4.78 is 21.3. The lowest BCUT2D eigenvalue weighted by Crippen LogP contribution is -2.18. The fourth-order valence-electron chi connectivity index (χ4n) is 2.28. The Morgan fingerprint density at radius 3 is 2.22 bits per heavy atom. The minimum absolute atomic E-state index is 0.137. The number of hydrogen-bond donors (Lipinski definition) is 0. The Labute approximate surface area is 160 Å². The molecule has 27 heavy (non-hydrogen) atoms. The van der Waals surface area contributed by atoms with Crippen LogP contribution < -0.4 is 9.47 Å². The maximum atomic E-state index is 12.5. The predicted molar refractivity (Wildman–Crippen MR) is 103 cm³/mol. The Morgan fingerprint density at radius 2 is 1.70 bits per heavy atom. The summed E-state index contributed by atoms with van der Waals surface area (Å²) in [4.78, 5) is 24.2. The molecular weight excluding hydrogens is 348 g/mol. The van der Waals surface area contributed by atoms with Gasteiger partial charge < -0.3 is 18.9 Å². The van der Waals surface area contributed by atoms with E-state index in [1.807, 2.05) is 13.0 Å². The number of carbonyl (C=O) groups is 2. The average molecular weight is 376 g/mol. The quantitative estimate of drug-likeness (QED) is 0.476. The van der Waals surface area contributed by atoms with Crippen LogP contribution in [0.2, 0.25) is 0 Å². The van der Waals surface area contributed by atoms with Gasteiger partial charge in [-0.2, -0.15) is 0 Å². The first kappa shape index (κ1) is 22.3. The van der Waals surface area contributed by atoms with E-state index in [0.717, 1.165) is 5.56 Å². The van der Waals surface area contributed by atoms with E-state index >= 15 is 0 Å². The molecule has 6 nitrogen and oxygen atoms in total. The minimum Gasteiger partial charge on any atom is -0.493 e. The number of hydrogen-bond acceptors (Lipinski definition) is 6. The third-order valence-corrected chi connectivity index (χ3v) is 4.12. The van der Waals surface area contributed by atoms with Gasteiger partial charge in [0.05, 0.1) is 19.8 Å². The van der Waals surface area contributed by atoms with Crippen molar-refractivity contribution < 1.29 is 28.5 Å². The fraction of sp³-hybridized carbons (Fsp3) is 0.429. The summed E-state index contributed by atoms with van der Waals surface area (Å²) in [6.45, 7) is 6.88. The zero-order valence-electron chi connectivity index (χ0n) is 16.8. The number of ether oxygens (including phenoxy) is 4. The second-order valence-corrected chi connectivity index (χ2v) is 5.78. The Kier molecular flexibility index (Phi) is 9.13. The van der Waals surface area contributed by atoms with Crippen molar-refractivity contribution in [2.45, 2.75) is 40.2 Å². The molecule has 0 radical (unpaired) electrons. The van der Waals surface area contributed by atoms with Crippen molar-refractivity contribution in [3.8, 4) is 11.5 Å². The molecule has 0 fully saturated rings. The summed E-state index contributed by atoms with van der Waals surface area (Å²) in [5.74, 6) is 0.177. The lowest BCUT2D eigenvalue weighted by Gasteiger charge is -2.19. The third kappa shape index (κ3) is 6.16. The number of carbonyl (C=O) groups excluding carboxylic acids is 2. The van der Waals surface area contributed by atoms with Crippen molar-refractivity contribution in [3.63, 3.8) is 0 Å². The third-order valence-electron chi connectivity index (χ3n) is 4.12. The molecule has 0 spiro atoms. The molecule has 0 amide bonds. The van der Waals surface area contributed by atoms with E-state index in [1.54, 1.807) is 59.3 Å². The first-order valence-corrected chi connectivity index (χ1v) is 8.79. The highest BCUT2D eigenvalue weighted by Gasteiger charge is 2.20. The van der Waals surface area contributed by atoms with Crippen LogP contribution in [0, 0.1) is 0 Å². The molecule has 1 aromatic rings. The smallest absolute Gasteiger partial charge is 0.337 e. The van der Waals surface area contributed by atoms with Crippen LogP contribution in [-0.4, -0.2) is 32.8 Å². The van der Waals surface area contributed by atoms with E-state index in [1.165, 1.54) is 0 Å². The monoisotopic (exact) mass is 376 g/mol. The van der Waals surface area contributed by atoms with E-state index in [4.69, 9.17) is 18.9 Å². The van der Waals surface area contributed by atoms with Crippen LogP contribution >= 0.6 is 0 Å². The second-order valence-electron chi connectivity index (χ2n) is 5.78. The molecule has 0 saturated carbocycles. The van der Waals surface area contributed by atoms with Crippen molar-refractivity contribution in [1.82, 2.24) is 0 Å². The molecule has 1 aromatic carbocycles. The Hall–Kier alpha value is -2.76. The number of allylic oxidation sites excluding steroid dienone is 2. The largest absolute Gasteiger partial charge is 0.493 e. The summed E-state index contributed by atoms with van der Waals surface area (Å²) in [7, 11) is 3.11. The topological polar surface area (TPSA) is 71.1 Å². The lowest BCUT2D eigenvalue weighted by molar-refractivity contribution is -0.146. The zero-order valence-corrected chi connectivity index (χ0v) is 16.8. The SMILES string of the molecule is C/C=C(/COC(=O)/C(C)=C/C)C(=O)OC(CC)c1ccc(OC)c(OC)c1. The summed E-state index contributed by atoms with van der Waals surface area (Å²) in [5, 5.41) is 0. The number of rotatable bonds is 9. The summed E-state index contributed by atoms with van der Waals surface area (Å²) in [5.41, 5.74) is 1.56. The van der Waals surface area contributed by atoms with Gasteiger partial charge in [-0.25, -0.2) is 9.59 Å². The van der Waals surface area contributed by atoms with Crippen molar-refractivity contribution >= 4 is 11.9 Å². The van der Waals surface area contributed by atoms with Gasteiger partial charge in [0.25, 0.3) is 0 Å². The highest BCUT2D eigenvalue weighted by atomic mass is 16.6. The highest BCUT2D eigenvalue weighted by Crippen LogP contribution is 2.32. The van der Waals surface area contributed by atoms with E-state index in [9.17, 15) is 9.59 Å². The van der Waals surface area contributed by atoms with Crippen LogP contribution in [0.4, 0.5) is 0 Å². The van der Waals surface area contributed by atoms with Gasteiger partial charge in [0.1, 0.15) is 12.7 Å². The molecule has 0 N–H and O–H groups in total. The van der Waals surface area contributed by atoms with Crippen LogP contribution in [0.25, 0.3) is 0 Å². The number of methoxy groups -OCH3 is 2. The van der Waals surface area contributed by atoms with Crippen LogP contribution in [0.1, 0.15) is 45.8 Å². The van der Waals surface area contributed by atoms with E-state index in [-0.39, 0.29) is 12.2 Å². The Bertz CT molecular complexity index is 717. The van der Waals surface area contributed by atoms with E-state index in [2.05, 4.69) is 0 Å². The zero-order chi connectivity index (χ0) is 20.4. The van der Waals surface area contributed by atoms with Gasteiger partial charge in [-0.1, -0.05) is 25.1 Å². The molecule has 0 saturated heterocycles. The van der Waals surface area contributed by atoms with Crippen LogP contribution in [0.5, 0.6) is 11.5 Å². The molecular formula is C21H28O6. The number of esters is 2. The molecule has 0 bridgehead atoms. The Balaban J connectivity index is 2.86. The lowest BCUT2D eigenvalue weighted by atomic mass is 10.1. The molecule has 148 valence electrons. The van der Waals surface area contributed by atoms with Gasteiger partial charge >= 0.3 is 11.9 Å².